The van der Waals surface area contributed by atoms with Crippen molar-refractivity contribution in [2.75, 3.05) is 11.9 Å². The molecule has 0 radical (unpaired) electrons. The number of hydrogen-bond acceptors (Lipinski definition) is 7. The van der Waals surface area contributed by atoms with E-state index >= 15 is 0 Å². The first-order chi connectivity index (χ1) is 16.1. The Labute approximate surface area is 200 Å². The SMILES string of the molecule is CC(=O)NCCCc1ccc(-c2csc(NC(=O)Cc3csc(-c4cccnc4)n3)n2)cc1. The van der Waals surface area contributed by atoms with Crippen molar-refractivity contribution >= 4 is 39.6 Å². The Morgan fingerprint density at radius 1 is 1.00 bits per heavy atom. The third-order valence-electron chi connectivity index (χ3n) is 4.82. The van der Waals surface area contributed by atoms with Gasteiger partial charge < -0.3 is 10.6 Å². The van der Waals surface area contributed by atoms with Crippen LogP contribution in [0.25, 0.3) is 21.8 Å². The molecule has 1 aromatic carbocycles. The van der Waals surface area contributed by atoms with E-state index in [0.717, 1.165) is 40.4 Å². The lowest BCUT2D eigenvalue weighted by atomic mass is 10.1. The molecule has 0 aliphatic carbocycles. The molecule has 2 N–H and O–H groups in total. The Morgan fingerprint density at radius 2 is 1.85 bits per heavy atom. The highest BCUT2D eigenvalue weighted by Crippen LogP contribution is 2.26. The molecule has 0 unspecified atom stereocenters. The van der Waals surface area contributed by atoms with Crippen molar-refractivity contribution in [3.8, 4) is 21.8 Å². The van der Waals surface area contributed by atoms with E-state index in [2.05, 4.69) is 37.7 Å². The normalized spacial score (nSPS) is 10.7. The maximum Gasteiger partial charge on any atom is 0.232 e. The second-order valence-corrected chi connectivity index (χ2v) is 9.15. The van der Waals surface area contributed by atoms with E-state index in [4.69, 9.17) is 0 Å². The summed E-state index contributed by atoms with van der Waals surface area (Å²) in [5.74, 6) is -0.147. The predicted molar refractivity (Wildman–Crippen MR) is 132 cm³/mol. The van der Waals surface area contributed by atoms with Crippen molar-refractivity contribution in [2.45, 2.75) is 26.2 Å². The maximum atomic E-state index is 12.5. The highest BCUT2D eigenvalue weighted by molar-refractivity contribution is 7.14. The zero-order valence-electron chi connectivity index (χ0n) is 18.1. The van der Waals surface area contributed by atoms with Crippen LogP contribution in [0.2, 0.25) is 0 Å². The average Bonchev–Trinajstić information content (AvgIpc) is 3.47. The minimum absolute atomic E-state index is 0.00200. The van der Waals surface area contributed by atoms with Gasteiger partial charge in [0.05, 0.1) is 17.8 Å². The van der Waals surface area contributed by atoms with Gasteiger partial charge in [-0.3, -0.25) is 14.6 Å². The van der Waals surface area contributed by atoms with Crippen molar-refractivity contribution in [2.24, 2.45) is 0 Å². The van der Waals surface area contributed by atoms with Crippen LogP contribution >= 0.6 is 22.7 Å². The Kier molecular flexibility index (Phi) is 7.54. The summed E-state index contributed by atoms with van der Waals surface area (Å²) in [7, 11) is 0. The number of pyridine rings is 1. The molecule has 2 amide bonds. The van der Waals surface area contributed by atoms with Crippen molar-refractivity contribution in [1.29, 1.82) is 0 Å². The molecule has 168 valence electrons. The minimum Gasteiger partial charge on any atom is -0.356 e. The summed E-state index contributed by atoms with van der Waals surface area (Å²) in [5, 5.41) is 10.9. The molecule has 3 aromatic heterocycles. The van der Waals surface area contributed by atoms with Gasteiger partial charge in [0.15, 0.2) is 5.13 Å². The molecule has 3 heterocycles. The Morgan fingerprint density at radius 3 is 2.61 bits per heavy atom. The van der Waals surface area contributed by atoms with Gasteiger partial charge in [-0.25, -0.2) is 9.97 Å². The van der Waals surface area contributed by atoms with Crippen LogP contribution in [-0.2, 0) is 22.4 Å². The van der Waals surface area contributed by atoms with E-state index in [0.29, 0.717) is 11.7 Å². The minimum atomic E-state index is -0.145. The number of benzene rings is 1. The van der Waals surface area contributed by atoms with Gasteiger partial charge in [0.1, 0.15) is 5.01 Å². The molecule has 0 saturated carbocycles. The number of nitrogens with one attached hydrogen (secondary N) is 2. The second-order valence-electron chi connectivity index (χ2n) is 7.43. The standard InChI is InChI=1S/C24H23N5O2S2/c1-16(30)26-11-2-4-17-6-8-18(9-7-17)21-15-33-24(28-21)29-22(31)12-20-14-32-23(27-20)19-5-3-10-25-13-19/h3,5-10,13-15H,2,4,11-12H2,1H3,(H,26,30)(H,28,29,31). The summed E-state index contributed by atoms with van der Waals surface area (Å²) < 4.78 is 0. The topological polar surface area (TPSA) is 96.9 Å². The Hall–Kier alpha value is -3.43. The zero-order chi connectivity index (χ0) is 23.0. The van der Waals surface area contributed by atoms with E-state index in [1.165, 1.54) is 35.2 Å². The predicted octanol–water partition coefficient (Wildman–Crippen LogP) is 4.58. The van der Waals surface area contributed by atoms with Crippen LogP contribution in [0.5, 0.6) is 0 Å². The fraction of sp³-hybridized carbons (Fsp3) is 0.208. The lowest BCUT2D eigenvalue weighted by Gasteiger charge is -2.04. The van der Waals surface area contributed by atoms with Gasteiger partial charge in [-0.15, -0.1) is 22.7 Å². The third kappa shape index (κ3) is 6.53. The summed E-state index contributed by atoms with van der Waals surface area (Å²) >= 11 is 2.90. The molecule has 0 fully saturated rings. The van der Waals surface area contributed by atoms with Crippen LogP contribution in [0.4, 0.5) is 5.13 Å². The third-order valence-corrected chi connectivity index (χ3v) is 6.52. The van der Waals surface area contributed by atoms with Gasteiger partial charge in [-0.1, -0.05) is 24.3 Å². The fourth-order valence-corrected chi connectivity index (χ4v) is 4.75. The molecule has 0 saturated heterocycles. The fourth-order valence-electron chi connectivity index (χ4n) is 3.20. The van der Waals surface area contributed by atoms with Gasteiger partial charge >= 0.3 is 0 Å². The molecule has 4 rings (SSSR count). The van der Waals surface area contributed by atoms with Gasteiger partial charge in [0, 0.05) is 47.7 Å². The number of nitrogens with zero attached hydrogens (tertiary/aromatic N) is 3. The first-order valence-corrected chi connectivity index (χ1v) is 12.3. The quantitative estimate of drug-likeness (QED) is 0.344. The molecule has 9 heteroatoms. The van der Waals surface area contributed by atoms with E-state index in [-0.39, 0.29) is 18.2 Å². The molecule has 0 aliphatic heterocycles. The first kappa shape index (κ1) is 22.8. The molecule has 0 spiro atoms. The van der Waals surface area contributed by atoms with Crippen LogP contribution in [0, 0.1) is 0 Å². The number of carbonyl (C=O) groups is 2. The van der Waals surface area contributed by atoms with Crippen LogP contribution < -0.4 is 10.6 Å². The maximum absolute atomic E-state index is 12.5. The highest BCUT2D eigenvalue weighted by Gasteiger charge is 2.12. The summed E-state index contributed by atoms with van der Waals surface area (Å²) in [6.45, 7) is 2.20. The molecular weight excluding hydrogens is 454 g/mol. The van der Waals surface area contributed by atoms with Crippen LogP contribution in [0.15, 0.2) is 59.6 Å². The molecule has 0 bridgehead atoms. The van der Waals surface area contributed by atoms with E-state index in [9.17, 15) is 9.59 Å². The Bertz CT molecular complexity index is 1220. The number of carbonyl (C=O) groups excluding carboxylic acids is 2. The molecule has 4 aromatic rings. The van der Waals surface area contributed by atoms with Crippen molar-refractivity contribution in [3.63, 3.8) is 0 Å². The second kappa shape index (κ2) is 10.9. The van der Waals surface area contributed by atoms with Crippen molar-refractivity contribution in [1.82, 2.24) is 20.3 Å². The highest BCUT2D eigenvalue weighted by atomic mass is 32.1. The number of rotatable bonds is 9. The molecule has 7 nitrogen and oxygen atoms in total. The van der Waals surface area contributed by atoms with Crippen molar-refractivity contribution in [3.05, 3.63) is 70.8 Å². The van der Waals surface area contributed by atoms with Crippen molar-refractivity contribution < 1.29 is 9.59 Å². The average molecular weight is 478 g/mol. The van der Waals surface area contributed by atoms with Gasteiger partial charge in [0.2, 0.25) is 11.8 Å². The number of hydrogen-bond donors (Lipinski definition) is 2. The zero-order valence-corrected chi connectivity index (χ0v) is 19.7. The van der Waals surface area contributed by atoms with E-state index < -0.39 is 0 Å². The van der Waals surface area contributed by atoms with Gasteiger partial charge in [-0.2, -0.15) is 0 Å². The smallest absolute Gasteiger partial charge is 0.232 e. The largest absolute Gasteiger partial charge is 0.356 e. The molecule has 0 atom stereocenters. The van der Waals surface area contributed by atoms with Gasteiger partial charge in [0.25, 0.3) is 0 Å². The number of aryl methyl sites for hydroxylation is 1. The van der Waals surface area contributed by atoms with Gasteiger partial charge in [-0.05, 0) is 30.5 Å². The van der Waals surface area contributed by atoms with Crippen LogP contribution in [0.1, 0.15) is 24.6 Å². The number of aromatic nitrogens is 3. The number of amides is 2. The molecule has 0 aliphatic rings. The Balaban J connectivity index is 1.30. The van der Waals surface area contributed by atoms with Crippen LogP contribution in [0.3, 0.4) is 0 Å². The first-order valence-electron chi connectivity index (χ1n) is 10.5. The lowest BCUT2D eigenvalue weighted by Crippen LogP contribution is -2.21. The summed E-state index contributed by atoms with van der Waals surface area (Å²) in [6, 6.07) is 12.0. The van der Waals surface area contributed by atoms with E-state index in [1.54, 1.807) is 12.4 Å². The number of thiazole rings is 2. The summed E-state index contributed by atoms with van der Waals surface area (Å²) in [4.78, 5) is 36.6. The molecule has 33 heavy (non-hydrogen) atoms. The number of anilines is 1. The monoisotopic (exact) mass is 477 g/mol. The summed E-state index contributed by atoms with van der Waals surface area (Å²) in [5.41, 5.74) is 4.70. The van der Waals surface area contributed by atoms with E-state index in [1.807, 2.05) is 35.0 Å². The van der Waals surface area contributed by atoms with Crippen LogP contribution in [-0.4, -0.2) is 33.3 Å². The molecular formula is C24H23N5O2S2. The summed E-state index contributed by atoms with van der Waals surface area (Å²) in [6.07, 6.45) is 5.47. The lowest BCUT2D eigenvalue weighted by molar-refractivity contribution is -0.119.